The Hall–Kier alpha value is -2.53. The van der Waals surface area contributed by atoms with Crippen LogP contribution in [0.5, 0.6) is 11.5 Å². The Balaban J connectivity index is 2.45. The summed E-state index contributed by atoms with van der Waals surface area (Å²) in [6.45, 7) is 12.8. The predicted octanol–water partition coefficient (Wildman–Crippen LogP) is 5.55. The lowest BCUT2D eigenvalue weighted by Gasteiger charge is -2.14. The molecular weight excluding hydrogens is 384 g/mol. The van der Waals surface area contributed by atoms with E-state index in [0.717, 1.165) is 24.0 Å². The molecule has 0 N–H and O–H groups in total. The third kappa shape index (κ3) is 5.73. The smallest absolute Gasteiger partial charge is 0.206 e. The fourth-order valence-corrected chi connectivity index (χ4v) is 4.28. The Bertz CT molecular complexity index is 874. The molecule has 0 spiro atoms. The summed E-state index contributed by atoms with van der Waals surface area (Å²) in [5.41, 5.74) is 1.62. The van der Waals surface area contributed by atoms with Crippen LogP contribution in [0.15, 0.2) is 71.5 Å². The molecule has 2 rings (SSSR count). The van der Waals surface area contributed by atoms with Gasteiger partial charge < -0.3 is 9.47 Å². The van der Waals surface area contributed by atoms with Gasteiger partial charge >= 0.3 is 0 Å². The van der Waals surface area contributed by atoms with Crippen molar-refractivity contribution in [1.82, 2.24) is 0 Å². The second kappa shape index (κ2) is 10.9. The molecule has 0 unspecified atom stereocenters. The van der Waals surface area contributed by atoms with Crippen LogP contribution in [0.4, 0.5) is 0 Å². The summed E-state index contributed by atoms with van der Waals surface area (Å²) in [5.74, 6) is 1.39. The molecule has 156 valence electrons. The van der Waals surface area contributed by atoms with Crippen LogP contribution >= 0.6 is 0 Å². The molecule has 0 aromatic heterocycles. The van der Waals surface area contributed by atoms with E-state index in [9.17, 15) is 8.42 Å². The standard InChI is InChI=1S/C24H30O4S/c1-5-9-19-17-21(11-13-23(19)27-15-7-3)29(25,26)22-12-14-24(28-16-8-4)20(18-22)10-6-2/h5-6,11-14,17-18H,1-2,7-10,15-16H2,3-4H3. The van der Waals surface area contributed by atoms with Gasteiger partial charge in [0.15, 0.2) is 0 Å². The molecule has 0 aliphatic rings. The molecular formula is C24H30O4S. The number of ether oxygens (including phenoxy) is 2. The number of sulfone groups is 1. The van der Waals surface area contributed by atoms with Crippen LogP contribution in [0.3, 0.4) is 0 Å². The van der Waals surface area contributed by atoms with E-state index >= 15 is 0 Å². The molecule has 0 bridgehead atoms. The molecule has 0 aliphatic carbocycles. The first-order valence-corrected chi connectivity index (χ1v) is 11.4. The van der Waals surface area contributed by atoms with Gasteiger partial charge in [-0.15, -0.1) is 13.2 Å². The maximum atomic E-state index is 13.3. The van der Waals surface area contributed by atoms with Crippen molar-refractivity contribution in [2.45, 2.75) is 49.3 Å². The fraction of sp³-hybridized carbons (Fsp3) is 0.333. The Labute approximate surface area is 174 Å². The van der Waals surface area contributed by atoms with Gasteiger partial charge in [-0.1, -0.05) is 26.0 Å². The molecule has 0 aliphatic heterocycles. The van der Waals surface area contributed by atoms with E-state index in [1.807, 2.05) is 13.8 Å². The highest BCUT2D eigenvalue weighted by atomic mass is 32.2. The lowest BCUT2D eigenvalue weighted by molar-refractivity contribution is 0.314. The maximum Gasteiger partial charge on any atom is 0.206 e. The largest absolute Gasteiger partial charge is 0.493 e. The van der Waals surface area contributed by atoms with Crippen molar-refractivity contribution in [2.75, 3.05) is 13.2 Å². The summed E-state index contributed by atoms with van der Waals surface area (Å²) >= 11 is 0. The Morgan fingerprint density at radius 1 is 0.793 bits per heavy atom. The second-order valence-electron chi connectivity index (χ2n) is 6.73. The average Bonchev–Trinajstić information content (AvgIpc) is 2.72. The molecule has 29 heavy (non-hydrogen) atoms. The predicted molar refractivity (Wildman–Crippen MR) is 118 cm³/mol. The molecule has 5 heteroatoms. The molecule has 0 heterocycles. The number of hydrogen-bond donors (Lipinski definition) is 0. The third-order valence-corrected chi connectivity index (χ3v) is 6.09. The summed E-state index contributed by atoms with van der Waals surface area (Å²) in [5, 5.41) is 0. The van der Waals surface area contributed by atoms with Crippen molar-refractivity contribution in [1.29, 1.82) is 0 Å². The minimum absolute atomic E-state index is 0.241. The Kier molecular flexibility index (Phi) is 8.52. The van der Waals surface area contributed by atoms with Crippen LogP contribution < -0.4 is 9.47 Å². The van der Waals surface area contributed by atoms with Crippen molar-refractivity contribution in [3.05, 3.63) is 72.8 Å². The van der Waals surface area contributed by atoms with E-state index in [2.05, 4.69) is 13.2 Å². The van der Waals surface area contributed by atoms with E-state index in [4.69, 9.17) is 9.47 Å². The Morgan fingerprint density at radius 2 is 1.21 bits per heavy atom. The van der Waals surface area contributed by atoms with E-state index in [0.29, 0.717) is 37.6 Å². The van der Waals surface area contributed by atoms with Gasteiger partial charge in [0.05, 0.1) is 23.0 Å². The van der Waals surface area contributed by atoms with Gasteiger partial charge in [0, 0.05) is 0 Å². The number of allylic oxidation sites excluding steroid dienone is 2. The number of rotatable bonds is 12. The van der Waals surface area contributed by atoms with Crippen LogP contribution in [-0.2, 0) is 22.7 Å². The van der Waals surface area contributed by atoms with Crippen molar-refractivity contribution >= 4 is 9.84 Å². The quantitative estimate of drug-likeness (QED) is 0.427. The van der Waals surface area contributed by atoms with Crippen LogP contribution in [0.2, 0.25) is 0 Å². The second-order valence-corrected chi connectivity index (χ2v) is 8.67. The van der Waals surface area contributed by atoms with Gasteiger partial charge in [-0.05, 0) is 73.2 Å². The van der Waals surface area contributed by atoms with Crippen molar-refractivity contribution < 1.29 is 17.9 Å². The topological polar surface area (TPSA) is 52.6 Å². The van der Waals surface area contributed by atoms with E-state index < -0.39 is 9.84 Å². The van der Waals surface area contributed by atoms with Crippen LogP contribution in [0.1, 0.15) is 37.8 Å². The summed E-state index contributed by atoms with van der Waals surface area (Å²) < 4.78 is 38.0. The zero-order chi connectivity index (χ0) is 21.3. The first-order valence-electron chi connectivity index (χ1n) is 9.96. The van der Waals surface area contributed by atoms with E-state index in [-0.39, 0.29) is 9.79 Å². The van der Waals surface area contributed by atoms with Gasteiger partial charge in [-0.2, -0.15) is 0 Å². The third-order valence-electron chi connectivity index (χ3n) is 4.34. The molecule has 2 aromatic rings. The summed E-state index contributed by atoms with van der Waals surface area (Å²) in [6, 6.07) is 10.0. The van der Waals surface area contributed by atoms with E-state index in [1.54, 1.807) is 48.6 Å². The monoisotopic (exact) mass is 414 g/mol. The highest BCUT2D eigenvalue weighted by Crippen LogP contribution is 2.30. The molecule has 0 saturated heterocycles. The molecule has 0 atom stereocenters. The van der Waals surface area contributed by atoms with Gasteiger partial charge in [-0.3, -0.25) is 0 Å². The van der Waals surface area contributed by atoms with Gasteiger partial charge in [0.1, 0.15) is 11.5 Å². The zero-order valence-corrected chi connectivity index (χ0v) is 18.1. The van der Waals surface area contributed by atoms with Crippen molar-refractivity contribution in [3.8, 4) is 11.5 Å². The van der Waals surface area contributed by atoms with E-state index in [1.165, 1.54) is 0 Å². The Morgan fingerprint density at radius 3 is 1.55 bits per heavy atom. The molecule has 2 aromatic carbocycles. The summed E-state index contributed by atoms with van der Waals surface area (Å²) in [6.07, 6.45) is 6.32. The molecule has 4 nitrogen and oxygen atoms in total. The van der Waals surface area contributed by atoms with Crippen LogP contribution in [0, 0.1) is 0 Å². The van der Waals surface area contributed by atoms with Crippen LogP contribution in [-0.4, -0.2) is 21.6 Å². The SMILES string of the molecule is C=CCc1cc(S(=O)(=O)c2ccc(OCCC)c(CC=C)c2)ccc1OCCC. The number of benzene rings is 2. The fourth-order valence-electron chi connectivity index (χ4n) is 2.92. The minimum atomic E-state index is -3.67. The van der Waals surface area contributed by atoms with Gasteiger partial charge in [0.2, 0.25) is 9.84 Å². The first-order chi connectivity index (χ1) is 14.0. The molecule has 0 radical (unpaired) electrons. The van der Waals surface area contributed by atoms with Crippen LogP contribution in [0.25, 0.3) is 0 Å². The highest BCUT2D eigenvalue weighted by molar-refractivity contribution is 7.91. The normalized spacial score (nSPS) is 11.1. The van der Waals surface area contributed by atoms with Crippen molar-refractivity contribution in [3.63, 3.8) is 0 Å². The summed E-state index contributed by atoms with van der Waals surface area (Å²) in [7, 11) is -3.67. The van der Waals surface area contributed by atoms with Gasteiger partial charge in [0.25, 0.3) is 0 Å². The highest BCUT2D eigenvalue weighted by Gasteiger charge is 2.21. The summed E-state index contributed by atoms with van der Waals surface area (Å²) in [4.78, 5) is 0.481. The lowest BCUT2D eigenvalue weighted by atomic mass is 10.1. The lowest BCUT2D eigenvalue weighted by Crippen LogP contribution is -2.06. The molecule has 0 fully saturated rings. The number of hydrogen-bond acceptors (Lipinski definition) is 4. The van der Waals surface area contributed by atoms with Gasteiger partial charge in [-0.25, -0.2) is 8.42 Å². The first kappa shape index (κ1) is 22.8. The van der Waals surface area contributed by atoms with Crippen molar-refractivity contribution in [2.24, 2.45) is 0 Å². The average molecular weight is 415 g/mol. The molecule has 0 amide bonds. The minimum Gasteiger partial charge on any atom is -0.493 e. The molecule has 0 saturated carbocycles. The maximum absolute atomic E-state index is 13.3. The zero-order valence-electron chi connectivity index (χ0n) is 17.3.